The molecule has 0 fully saturated rings. The van der Waals surface area contributed by atoms with Gasteiger partial charge in [-0.1, -0.05) is 30.3 Å². The number of anilines is 1. The molecule has 0 spiro atoms. The molecular weight excluding hydrogens is 294 g/mol. The van der Waals surface area contributed by atoms with Crippen molar-refractivity contribution in [1.29, 1.82) is 0 Å². The van der Waals surface area contributed by atoms with Crippen LogP contribution in [0, 0.1) is 0 Å². The molecule has 20 heavy (non-hydrogen) atoms. The first-order chi connectivity index (χ1) is 9.60. The molecule has 2 aromatic rings. The maximum atomic E-state index is 12.3. The number of aryl methyl sites for hydroxylation is 1. The number of carbonyl (C=O) groups is 1. The summed E-state index contributed by atoms with van der Waals surface area (Å²) in [5, 5.41) is 4.21. The molecule has 0 bridgehead atoms. The van der Waals surface area contributed by atoms with Crippen LogP contribution in [0.2, 0.25) is 5.02 Å². The van der Waals surface area contributed by atoms with Gasteiger partial charge in [0.05, 0.1) is 5.25 Å². The van der Waals surface area contributed by atoms with Gasteiger partial charge >= 0.3 is 0 Å². The highest BCUT2D eigenvalue weighted by molar-refractivity contribution is 8.00. The van der Waals surface area contributed by atoms with E-state index in [-0.39, 0.29) is 11.2 Å². The summed E-state index contributed by atoms with van der Waals surface area (Å²) in [6.45, 7) is 1.99. The van der Waals surface area contributed by atoms with Gasteiger partial charge in [0.15, 0.2) is 5.16 Å². The molecule has 1 N–H and O–H groups in total. The van der Waals surface area contributed by atoms with E-state index < -0.39 is 0 Å². The maximum Gasteiger partial charge on any atom is 0.237 e. The summed E-state index contributed by atoms with van der Waals surface area (Å²) in [6, 6.07) is 7.09. The van der Waals surface area contributed by atoms with Gasteiger partial charge < -0.3 is 9.88 Å². The van der Waals surface area contributed by atoms with Crippen LogP contribution in [0.4, 0.5) is 5.69 Å². The Kier molecular flexibility index (Phi) is 5.09. The number of thioether (sulfide) groups is 1. The van der Waals surface area contributed by atoms with Crippen molar-refractivity contribution in [2.45, 2.75) is 23.8 Å². The number of aromatic nitrogens is 2. The highest BCUT2D eigenvalue weighted by Crippen LogP contribution is 2.24. The van der Waals surface area contributed by atoms with Crippen molar-refractivity contribution < 1.29 is 4.79 Å². The molecular formula is C14H16ClN3OS. The van der Waals surface area contributed by atoms with Crippen molar-refractivity contribution in [1.82, 2.24) is 9.55 Å². The van der Waals surface area contributed by atoms with Gasteiger partial charge in [0.1, 0.15) is 0 Å². The van der Waals surface area contributed by atoms with E-state index in [1.807, 2.05) is 24.7 Å². The summed E-state index contributed by atoms with van der Waals surface area (Å²) in [6.07, 6.45) is 4.33. The van der Waals surface area contributed by atoms with Crippen LogP contribution < -0.4 is 5.32 Å². The smallest absolute Gasteiger partial charge is 0.237 e. The lowest BCUT2D eigenvalue weighted by Crippen LogP contribution is -2.24. The molecule has 0 radical (unpaired) electrons. The van der Waals surface area contributed by atoms with Gasteiger partial charge in [0.2, 0.25) is 5.91 Å². The van der Waals surface area contributed by atoms with Gasteiger partial charge in [-0.2, -0.15) is 0 Å². The van der Waals surface area contributed by atoms with Crippen LogP contribution in [-0.2, 0) is 11.8 Å². The van der Waals surface area contributed by atoms with Gasteiger partial charge in [0.25, 0.3) is 0 Å². The van der Waals surface area contributed by atoms with E-state index in [9.17, 15) is 4.79 Å². The SMILES string of the molecule is CCC(Sc1nccn1C)C(=O)Nc1ccc(Cl)cc1. The van der Waals surface area contributed by atoms with Gasteiger partial charge in [-0.05, 0) is 30.7 Å². The average Bonchev–Trinajstić information content (AvgIpc) is 2.84. The number of nitrogens with zero attached hydrogens (tertiary/aromatic N) is 2. The molecule has 106 valence electrons. The molecule has 6 heteroatoms. The highest BCUT2D eigenvalue weighted by atomic mass is 35.5. The fourth-order valence-electron chi connectivity index (χ4n) is 1.67. The zero-order valence-electron chi connectivity index (χ0n) is 11.3. The topological polar surface area (TPSA) is 46.9 Å². The third kappa shape index (κ3) is 3.77. The molecule has 4 nitrogen and oxygen atoms in total. The van der Waals surface area contributed by atoms with Crippen molar-refractivity contribution in [3.05, 3.63) is 41.7 Å². The largest absolute Gasteiger partial charge is 0.329 e. The Balaban J connectivity index is 2.02. The van der Waals surface area contributed by atoms with Gasteiger partial charge in [-0.3, -0.25) is 4.79 Å². The van der Waals surface area contributed by atoms with Crippen LogP contribution in [0.1, 0.15) is 13.3 Å². The van der Waals surface area contributed by atoms with Crippen LogP contribution in [-0.4, -0.2) is 20.7 Å². The lowest BCUT2D eigenvalue weighted by molar-refractivity contribution is -0.115. The van der Waals surface area contributed by atoms with Crippen molar-refractivity contribution in [2.75, 3.05) is 5.32 Å². The van der Waals surface area contributed by atoms with E-state index in [1.54, 1.807) is 30.5 Å². The molecule has 2 rings (SSSR count). The van der Waals surface area contributed by atoms with E-state index in [1.165, 1.54) is 11.8 Å². The predicted molar refractivity (Wildman–Crippen MR) is 83.2 cm³/mol. The van der Waals surface area contributed by atoms with Crippen LogP contribution >= 0.6 is 23.4 Å². The molecule has 0 aliphatic carbocycles. The Hall–Kier alpha value is -1.46. The summed E-state index contributed by atoms with van der Waals surface area (Å²) in [4.78, 5) is 16.5. The molecule has 0 saturated heterocycles. The molecule has 1 atom stereocenters. The van der Waals surface area contributed by atoms with Gasteiger partial charge in [-0.15, -0.1) is 0 Å². The van der Waals surface area contributed by atoms with Crippen molar-refractivity contribution >= 4 is 35.0 Å². The monoisotopic (exact) mass is 309 g/mol. The minimum absolute atomic E-state index is 0.0252. The summed E-state index contributed by atoms with van der Waals surface area (Å²) in [5.41, 5.74) is 0.748. The normalized spacial score (nSPS) is 12.2. The molecule has 1 amide bonds. The van der Waals surface area contributed by atoms with Crippen LogP contribution in [0.3, 0.4) is 0 Å². The number of halogens is 1. The van der Waals surface area contributed by atoms with Crippen molar-refractivity contribution in [3.8, 4) is 0 Å². The second-order valence-electron chi connectivity index (χ2n) is 4.33. The average molecular weight is 310 g/mol. The molecule has 1 unspecified atom stereocenters. The fourth-order valence-corrected chi connectivity index (χ4v) is 2.73. The molecule has 0 saturated carbocycles. The molecule has 0 aliphatic rings. The molecule has 1 aromatic carbocycles. The number of hydrogen-bond donors (Lipinski definition) is 1. The van der Waals surface area contributed by atoms with Crippen molar-refractivity contribution in [3.63, 3.8) is 0 Å². The second-order valence-corrected chi connectivity index (χ2v) is 5.94. The minimum atomic E-state index is -0.174. The minimum Gasteiger partial charge on any atom is -0.329 e. The molecule has 1 heterocycles. The third-order valence-electron chi connectivity index (χ3n) is 2.80. The summed E-state index contributed by atoms with van der Waals surface area (Å²) in [5.74, 6) is -0.0252. The number of hydrogen-bond acceptors (Lipinski definition) is 3. The lowest BCUT2D eigenvalue weighted by Gasteiger charge is -2.14. The second kappa shape index (κ2) is 6.81. The van der Waals surface area contributed by atoms with Gasteiger partial charge in [0, 0.05) is 30.2 Å². The van der Waals surface area contributed by atoms with E-state index in [4.69, 9.17) is 11.6 Å². The van der Waals surface area contributed by atoms with E-state index >= 15 is 0 Å². The van der Waals surface area contributed by atoms with Crippen molar-refractivity contribution in [2.24, 2.45) is 7.05 Å². The van der Waals surface area contributed by atoms with E-state index in [0.717, 1.165) is 17.3 Å². The predicted octanol–water partition coefficient (Wildman–Crippen LogP) is 3.58. The quantitative estimate of drug-likeness (QED) is 0.859. The zero-order chi connectivity index (χ0) is 14.5. The van der Waals surface area contributed by atoms with E-state index in [0.29, 0.717) is 5.02 Å². The lowest BCUT2D eigenvalue weighted by atomic mass is 10.3. The summed E-state index contributed by atoms with van der Waals surface area (Å²) < 4.78 is 1.91. The summed E-state index contributed by atoms with van der Waals surface area (Å²) in [7, 11) is 1.92. The summed E-state index contributed by atoms with van der Waals surface area (Å²) >= 11 is 7.29. The standard InChI is InChI=1S/C14H16ClN3OS/c1-3-12(20-14-16-8-9-18(14)2)13(19)17-11-6-4-10(15)5-7-11/h4-9,12H,3H2,1-2H3,(H,17,19). The van der Waals surface area contributed by atoms with Crippen LogP contribution in [0.25, 0.3) is 0 Å². The fraction of sp³-hybridized carbons (Fsp3) is 0.286. The number of carbonyl (C=O) groups excluding carboxylic acids is 1. The first kappa shape index (κ1) is 14.9. The highest BCUT2D eigenvalue weighted by Gasteiger charge is 2.19. The Bertz CT molecular complexity index is 582. The molecule has 1 aromatic heterocycles. The number of benzene rings is 1. The Morgan fingerprint density at radius 3 is 2.70 bits per heavy atom. The Morgan fingerprint density at radius 2 is 2.15 bits per heavy atom. The van der Waals surface area contributed by atoms with Crippen LogP contribution in [0.5, 0.6) is 0 Å². The van der Waals surface area contributed by atoms with E-state index in [2.05, 4.69) is 10.3 Å². The number of amides is 1. The number of imidazole rings is 1. The van der Waals surface area contributed by atoms with Crippen LogP contribution in [0.15, 0.2) is 41.8 Å². The molecule has 0 aliphatic heterocycles. The third-order valence-corrected chi connectivity index (χ3v) is 4.49. The maximum absolute atomic E-state index is 12.3. The van der Waals surface area contributed by atoms with Gasteiger partial charge in [-0.25, -0.2) is 4.98 Å². The Labute approximate surface area is 127 Å². The zero-order valence-corrected chi connectivity index (χ0v) is 12.9. The Morgan fingerprint density at radius 1 is 1.45 bits per heavy atom. The first-order valence-electron chi connectivity index (χ1n) is 6.30. The first-order valence-corrected chi connectivity index (χ1v) is 7.56. The number of nitrogens with one attached hydrogen (secondary N) is 1. The number of rotatable bonds is 5.